The summed E-state index contributed by atoms with van der Waals surface area (Å²) < 4.78 is 1.89. The fourth-order valence-corrected chi connectivity index (χ4v) is 4.22. The van der Waals surface area contributed by atoms with Crippen LogP contribution in [-0.2, 0) is 7.05 Å². The Labute approximate surface area is 168 Å². The Kier molecular flexibility index (Phi) is 3.98. The Hall–Kier alpha value is -3.05. The summed E-state index contributed by atoms with van der Waals surface area (Å²) in [6, 6.07) is 18.6. The van der Waals surface area contributed by atoms with Gasteiger partial charge in [0.2, 0.25) is 0 Å². The summed E-state index contributed by atoms with van der Waals surface area (Å²) in [4.78, 5) is 10.3. The molecule has 5 nitrogen and oxygen atoms in total. The zero-order chi connectivity index (χ0) is 19.3. The van der Waals surface area contributed by atoms with E-state index < -0.39 is 0 Å². The quantitative estimate of drug-likeness (QED) is 0.497. The first kappa shape index (κ1) is 17.1. The lowest BCUT2D eigenvalue weighted by molar-refractivity contribution is 0.622. The molecule has 0 aliphatic carbocycles. The summed E-state index contributed by atoms with van der Waals surface area (Å²) in [6.07, 6.45) is 3.92. The molecule has 3 heterocycles. The Morgan fingerprint density at radius 3 is 2.75 bits per heavy atom. The number of rotatable bonds is 3. The van der Waals surface area contributed by atoms with Gasteiger partial charge in [0, 0.05) is 29.9 Å². The Bertz CT molecular complexity index is 1170. The van der Waals surface area contributed by atoms with Gasteiger partial charge in [-0.1, -0.05) is 41.9 Å². The van der Waals surface area contributed by atoms with E-state index in [0.717, 1.165) is 28.1 Å². The van der Waals surface area contributed by atoms with Crippen LogP contribution in [0.2, 0.25) is 5.02 Å². The van der Waals surface area contributed by atoms with Crippen molar-refractivity contribution in [2.75, 3.05) is 4.90 Å². The molecule has 1 N–H and O–H groups in total. The number of fused-ring (bicyclic) bond motifs is 2. The highest BCUT2D eigenvalue weighted by atomic mass is 35.5. The van der Waals surface area contributed by atoms with E-state index in [9.17, 15) is 0 Å². The molecule has 0 saturated heterocycles. The SMILES string of the molecule is CC(c1ccccc1)N1c2cc[nH]c2N=C[C@H]1c1nn(C)c2cc(Cl)ccc12. The van der Waals surface area contributed by atoms with Crippen LogP contribution >= 0.6 is 11.6 Å². The Balaban J connectivity index is 1.68. The van der Waals surface area contributed by atoms with Crippen molar-refractivity contribution in [2.45, 2.75) is 19.0 Å². The van der Waals surface area contributed by atoms with E-state index in [0.29, 0.717) is 5.02 Å². The third-order valence-corrected chi connectivity index (χ3v) is 5.68. The minimum atomic E-state index is -0.0802. The van der Waals surface area contributed by atoms with E-state index in [1.807, 2.05) is 48.4 Å². The fourth-order valence-electron chi connectivity index (χ4n) is 4.05. The molecule has 1 aliphatic rings. The number of nitrogens with one attached hydrogen (secondary N) is 1. The largest absolute Gasteiger partial charge is 0.348 e. The molecule has 2 aromatic heterocycles. The van der Waals surface area contributed by atoms with Crippen LogP contribution in [0, 0.1) is 0 Å². The van der Waals surface area contributed by atoms with Crippen molar-refractivity contribution in [3.63, 3.8) is 0 Å². The summed E-state index contributed by atoms with van der Waals surface area (Å²) in [6.45, 7) is 2.22. The number of anilines is 1. The normalized spacial score (nSPS) is 17.1. The second-order valence-electron chi connectivity index (χ2n) is 7.10. The van der Waals surface area contributed by atoms with E-state index in [-0.39, 0.29) is 12.1 Å². The molecule has 0 bridgehead atoms. The van der Waals surface area contributed by atoms with E-state index >= 15 is 0 Å². The van der Waals surface area contributed by atoms with Crippen molar-refractivity contribution < 1.29 is 0 Å². The maximum atomic E-state index is 6.22. The topological polar surface area (TPSA) is 49.2 Å². The number of aromatic amines is 1. The number of halogens is 1. The van der Waals surface area contributed by atoms with Gasteiger partial charge in [0.05, 0.1) is 22.9 Å². The van der Waals surface area contributed by atoms with Crippen LogP contribution in [0.4, 0.5) is 11.5 Å². The third kappa shape index (κ3) is 2.62. The van der Waals surface area contributed by atoms with Gasteiger partial charge in [-0.05, 0) is 36.8 Å². The molecule has 140 valence electrons. The molecular weight excluding hydrogens is 370 g/mol. The lowest BCUT2D eigenvalue weighted by Gasteiger charge is -2.38. The summed E-state index contributed by atoms with van der Waals surface area (Å²) in [5.74, 6) is 0.877. The number of hydrogen-bond acceptors (Lipinski definition) is 3. The Morgan fingerprint density at radius 2 is 1.93 bits per heavy atom. The van der Waals surface area contributed by atoms with Gasteiger partial charge >= 0.3 is 0 Å². The van der Waals surface area contributed by atoms with Gasteiger partial charge in [-0.2, -0.15) is 5.10 Å². The monoisotopic (exact) mass is 389 g/mol. The van der Waals surface area contributed by atoms with E-state index in [4.69, 9.17) is 16.7 Å². The summed E-state index contributed by atoms with van der Waals surface area (Å²) >= 11 is 6.22. The summed E-state index contributed by atoms with van der Waals surface area (Å²) in [5, 5.41) is 6.65. The van der Waals surface area contributed by atoms with Crippen LogP contribution in [-0.4, -0.2) is 21.0 Å². The van der Waals surface area contributed by atoms with E-state index in [1.54, 1.807) is 0 Å². The van der Waals surface area contributed by atoms with Crippen LogP contribution < -0.4 is 4.90 Å². The van der Waals surface area contributed by atoms with Gasteiger partial charge in [0.1, 0.15) is 6.04 Å². The first-order valence-corrected chi connectivity index (χ1v) is 9.68. The van der Waals surface area contributed by atoms with Crippen molar-refractivity contribution in [1.82, 2.24) is 14.8 Å². The number of aryl methyl sites for hydroxylation is 1. The number of nitrogens with zero attached hydrogens (tertiary/aromatic N) is 4. The predicted molar refractivity (Wildman–Crippen MR) is 115 cm³/mol. The first-order chi connectivity index (χ1) is 13.6. The zero-order valence-electron chi connectivity index (χ0n) is 15.7. The van der Waals surface area contributed by atoms with Gasteiger partial charge in [-0.25, -0.2) is 4.99 Å². The number of H-pyrrole nitrogens is 1. The summed E-state index contributed by atoms with van der Waals surface area (Å²) in [5.41, 5.74) is 4.32. The molecule has 0 spiro atoms. The fraction of sp³-hybridized carbons (Fsp3) is 0.182. The highest BCUT2D eigenvalue weighted by Crippen LogP contribution is 2.43. The predicted octanol–water partition coefficient (Wildman–Crippen LogP) is 5.58. The van der Waals surface area contributed by atoms with Crippen LogP contribution in [0.1, 0.15) is 30.3 Å². The molecule has 6 heteroatoms. The second kappa shape index (κ2) is 6.53. The maximum absolute atomic E-state index is 6.22. The molecule has 2 aromatic carbocycles. The van der Waals surface area contributed by atoms with E-state index in [2.05, 4.69) is 52.1 Å². The minimum Gasteiger partial charge on any atom is -0.348 e. The van der Waals surface area contributed by atoms with Gasteiger partial charge in [0.15, 0.2) is 5.82 Å². The number of aromatic nitrogens is 3. The molecule has 4 aromatic rings. The molecule has 28 heavy (non-hydrogen) atoms. The van der Waals surface area contributed by atoms with Crippen LogP contribution in [0.15, 0.2) is 65.8 Å². The number of aliphatic imine (C=N–C) groups is 1. The Morgan fingerprint density at radius 1 is 1.11 bits per heavy atom. The summed E-state index contributed by atoms with van der Waals surface area (Å²) in [7, 11) is 1.95. The van der Waals surface area contributed by atoms with Crippen molar-refractivity contribution >= 4 is 40.2 Å². The first-order valence-electron chi connectivity index (χ1n) is 9.30. The molecule has 0 saturated carbocycles. The average Bonchev–Trinajstić information content (AvgIpc) is 3.32. The highest BCUT2D eigenvalue weighted by molar-refractivity contribution is 6.31. The molecule has 0 fully saturated rings. The lowest BCUT2D eigenvalue weighted by atomic mass is 10.0. The van der Waals surface area contributed by atoms with Gasteiger partial charge in [0.25, 0.3) is 0 Å². The smallest absolute Gasteiger partial charge is 0.153 e. The molecular formula is C22H20ClN5. The van der Waals surface area contributed by atoms with Gasteiger partial charge in [-0.15, -0.1) is 0 Å². The van der Waals surface area contributed by atoms with Crippen molar-refractivity contribution in [1.29, 1.82) is 0 Å². The van der Waals surface area contributed by atoms with Crippen LogP contribution in [0.3, 0.4) is 0 Å². The van der Waals surface area contributed by atoms with Crippen molar-refractivity contribution in [2.24, 2.45) is 12.0 Å². The maximum Gasteiger partial charge on any atom is 0.153 e. The number of benzene rings is 2. The standard InChI is InChI=1S/C22H20ClN5/c1-14(15-6-4-3-5-7-15)28-18-10-11-24-22(18)25-13-20(28)21-17-9-8-16(23)12-19(17)27(2)26-21/h3-14,20,24H,1-2H3/t14?,20-/m0/s1. The number of hydrogen-bond donors (Lipinski definition) is 1. The second-order valence-corrected chi connectivity index (χ2v) is 7.54. The van der Waals surface area contributed by atoms with Gasteiger partial charge < -0.3 is 9.88 Å². The molecule has 1 unspecified atom stereocenters. The minimum absolute atomic E-state index is 0.0802. The van der Waals surface area contributed by atoms with Crippen LogP contribution in [0.25, 0.3) is 10.9 Å². The molecule has 5 rings (SSSR count). The molecule has 1 aliphatic heterocycles. The lowest BCUT2D eigenvalue weighted by Crippen LogP contribution is -2.34. The van der Waals surface area contributed by atoms with E-state index in [1.165, 1.54) is 5.56 Å². The van der Waals surface area contributed by atoms with Crippen molar-refractivity contribution in [3.05, 3.63) is 77.1 Å². The molecule has 0 amide bonds. The highest BCUT2D eigenvalue weighted by Gasteiger charge is 2.33. The average molecular weight is 390 g/mol. The molecule has 0 radical (unpaired) electrons. The molecule has 2 atom stereocenters. The van der Waals surface area contributed by atoms with Gasteiger partial charge in [-0.3, -0.25) is 4.68 Å². The third-order valence-electron chi connectivity index (χ3n) is 5.45. The van der Waals surface area contributed by atoms with Crippen LogP contribution in [0.5, 0.6) is 0 Å². The van der Waals surface area contributed by atoms with Crippen molar-refractivity contribution in [3.8, 4) is 0 Å². The zero-order valence-corrected chi connectivity index (χ0v) is 16.4.